The monoisotopic (exact) mass is 447 g/mol. The predicted octanol–water partition coefficient (Wildman–Crippen LogP) is 4.32. The third-order valence-corrected chi connectivity index (χ3v) is 6.93. The summed E-state index contributed by atoms with van der Waals surface area (Å²) in [6.45, 7) is 9.18. The number of fused-ring (bicyclic) bond motifs is 4. The predicted molar refractivity (Wildman–Crippen MR) is 124 cm³/mol. The van der Waals surface area contributed by atoms with Crippen LogP contribution in [0.3, 0.4) is 0 Å². The number of halogens is 2. The van der Waals surface area contributed by atoms with Crippen LogP contribution < -0.4 is 0 Å². The van der Waals surface area contributed by atoms with Gasteiger partial charge in [-0.1, -0.05) is 13.8 Å². The van der Waals surface area contributed by atoms with E-state index in [1.54, 1.807) is 0 Å². The van der Waals surface area contributed by atoms with E-state index in [-0.39, 0.29) is 36.8 Å². The van der Waals surface area contributed by atoms with Crippen molar-refractivity contribution < 1.29 is 13.6 Å². The minimum Gasteiger partial charge on any atom is -0.353 e. The summed E-state index contributed by atoms with van der Waals surface area (Å²) in [5, 5.41) is 0. The van der Waals surface area contributed by atoms with Gasteiger partial charge in [0.05, 0.1) is 18.2 Å². The first kappa shape index (κ1) is 23.1. The summed E-state index contributed by atoms with van der Waals surface area (Å²) in [5.41, 5.74) is 1.57. The molecule has 0 aromatic carbocycles. The normalized spacial score (nSPS) is 27.7. The molecule has 5 rings (SSSR count). The van der Waals surface area contributed by atoms with E-state index in [0.717, 1.165) is 50.8 Å². The number of amidine groups is 2. The molecule has 0 aromatic heterocycles. The third kappa shape index (κ3) is 5.09. The van der Waals surface area contributed by atoms with Crippen molar-refractivity contribution in [3.63, 3.8) is 0 Å². The van der Waals surface area contributed by atoms with Crippen molar-refractivity contribution in [1.82, 2.24) is 9.80 Å². The standard InChI is InChI=1S/C24H35F2N5O/c1-15(2)5-8-22(32)30-13-19-7-6-18(30)14-31(19)23-20-12-27-17(9-10-24(4,25)26)11-21(20)28-16(3)29-23/h11,15,18-20H,5-10,12-14H2,1-4H3. The zero-order valence-corrected chi connectivity index (χ0v) is 19.7. The van der Waals surface area contributed by atoms with Crippen LogP contribution in [0.25, 0.3) is 0 Å². The third-order valence-electron chi connectivity index (χ3n) is 6.93. The number of rotatable bonds is 6. The zero-order valence-electron chi connectivity index (χ0n) is 19.7. The van der Waals surface area contributed by atoms with Gasteiger partial charge in [-0.15, -0.1) is 0 Å². The lowest BCUT2D eigenvalue weighted by Gasteiger charge is -2.53. The molecule has 0 aromatic rings. The lowest BCUT2D eigenvalue weighted by molar-refractivity contribution is -0.140. The quantitative estimate of drug-likeness (QED) is 0.609. The molecule has 6 nitrogen and oxygen atoms in total. The van der Waals surface area contributed by atoms with Gasteiger partial charge in [-0.05, 0) is 51.5 Å². The van der Waals surface area contributed by atoms with Crippen LogP contribution in [0.5, 0.6) is 0 Å². The summed E-state index contributed by atoms with van der Waals surface area (Å²) in [5.74, 6) is -0.249. The van der Waals surface area contributed by atoms with Gasteiger partial charge in [-0.3, -0.25) is 9.79 Å². The molecule has 0 spiro atoms. The average molecular weight is 448 g/mol. The molecular weight excluding hydrogens is 412 g/mol. The average Bonchev–Trinajstić information content (AvgIpc) is 2.74. The second-order valence-corrected chi connectivity index (χ2v) is 10.2. The summed E-state index contributed by atoms with van der Waals surface area (Å²) < 4.78 is 26.6. The molecule has 3 saturated heterocycles. The molecule has 3 atom stereocenters. The molecule has 0 aliphatic carbocycles. The van der Waals surface area contributed by atoms with Crippen molar-refractivity contribution in [3.05, 3.63) is 11.8 Å². The van der Waals surface area contributed by atoms with E-state index in [0.29, 0.717) is 30.4 Å². The highest BCUT2D eigenvalue weighted by atomic mass is 19.3. The Bertz CT molecular complexity index is 870. The van der Waals surface area contributed by atoms with Gasteiger partial charge in [0.25, 0.3) is 0 Å². The van der Waals surface area contributed by atoms with E-state index in [1.807, 2.05) is 13.0 Å². The Balaban J connectivity index is 1.45. The molecule has 176 valence electrons. The maximum absolute atomic E-state index is 13.3. The van der Waals surface area contributed by atoms with Crippen molar-refractivity contribution in [2.24, 2.45) is 26.8 Å². The highest BCUT2D eigenvalue weighted by molar-refractivity contribution is 6.05. The van der Waals surface area contributed by atoms with Gasteiger partial charge in [-0.25, -0.2) is 18.8 Å². The highest BCUT2D eigenvalue weighted by Gasteiger charge is 2.44. The van der Waals surface area contributed by atoms with Gasteiger partial charge >= 0.3 is 0 Å². The first-order valence-electron chi connectivity index (χ1n) is 11.9. The molecule has 5 heterocycles. The van der Waals surface area contributed by atoms with Gasteiger partial charge in [-0.2, -0.15) is 0 Å². The number of alkyl halides is 2. The lowest BCUT2D eigenvalue weighted by Crippen LogP contribution is -2.66. The van der Waals surface area contributed by atoms with Crippen LogP contribution in [0, 0.1) is 11.8 Å². The second-order valence-electron chi connectivity index (χ2n) is 10.2. The summed E-state index contributed by atoms with van der Waals surface area (Å²) in [7, 11) is 0. The smallest absolute Gasteiger partial charge is 0.245 e. The maximum atomic E-state index is 13.3. The number of allylic oxidation sites excluding steroid dienone is 1. The highest BCUT2D eigenvalue weighted by Crippen LogP contribution is 2.35. The van der Waals surface area contributed by atoms with Gasteiger partial charge in [0.2, 0.25) is 11.8 Å². The number of nitrogens with zero attached hydrogens (tertiary/aromatic N) is 5. The minimum atomic E-state index is -2.69. The van der Waals surface area contributed by atoms with E-state index in [1.165, 1.54) is 0 Å². The summed E-state index contributed by atoms with van der Waals surface area (Å²) in [6.07, 6.45) is 5.57. The van der Waals surface area contributed by atoms with Crippen LogP contribution in [-0.2, 0) is 4.79 Å². The number of hydrogen-bond donors (Lipinski definition) is 0. The summed E-state index contributed by atoms with van der Waals surface area (Å²) in [6, 6.07) is 0.487. The molecule has 8 heteroatoms. The number of carbonyl (C=O) groups excluding carboxylic acids is 1. The van der Waals surface area contributed by atoms with Gasteiger partial charge < -0.3 is 9.80 Å². The largest absolute Gasteiger partial charge is 0.353 e. The Morgan fingerprint density at radius 3 is 2.62 bits per heavy atom. The van der Waals surface area contributed by atoms with E-state index in [9.17, 15) is 13.6 Å². The Labute approximate surface area is 189 Å². The van der Waals surface area contributed by atoms with Crippen molar-refractivity contribution in [2.45, 2.75) is 84.2 Å². The minimum absolute atomic E-state index is 0.0333. The van der Waals surface area contributed by atoms with Gasteiger partial charge in [0, 0.05) is 43.7 Å². The summed E-state index contributed by atoms with van der Waals surface area (Å²) >= 11 is 0. The van der Waals surface area contributed by atoms with Crippen LogP contribution in [0.15, 0.2) is 26.8 Å². The first-order valence-corrected chi connectivity index (χ1v) is 11.9. The summed E-state index contributed by atoms with van der Waals surface area (Å²) in [4.78, 5) is 31.3. The fraction of sp³-hybridized carbons (Fsp3) is 0.750. The molecule has 5 aliphatic rings. The Hall–Kier alpha value is -2.12. The maximum Gasteiger partial charge on any atom is 0.245 e. The van der Waals surface area contributed by atoms with E-state index >= 15 is 0 Å². The molecule has 3 fully saturated rings. The van der Waals surface area contributed by atoms with E-state index in [2.05, 4.69) is 33.6 Å². The van der Waals surface area contributed by atoms with Gasteiger partial charge in [0.15, 0.2) is 0 Å². The first-order chi connectivity index (χ1) is 15.1. The molecule has 0 saturated carbocycles. The molecular formula is C24H35F2N5O. The fourth-order valence-electron chi connectivity index (χ4n) is 5.13. The SMILES string of the molecule is CC1=NC2=CC(CCC(C)(F)F)=NCC2C(N2CC3CCC2CN3C(=O)CCC(C)C)=N1. The molecule has 5 aliphatic heterocycles. The van der Waals surface area contributed by atoms with Crippen LogP contribution in [0.4, 0.5) is 8.78 Å². The molecule has 3 unspecified atom stereocenters. The van der Waals surface area contributed by atoms with E-state index < -0.39 is 5.92 Å². The number of dihydropyridines is 1. The zero-order chi connectivity index (χ0) is 23.0. The van der Waals surface area contributed by atoms with E-state index in [4.69, 9.17) is 4.99 Å². The molecule has 32 heavy (non-hydrogen) atoms. The van der Waals surface area contributed by atoms with Crippen LogP contribution in [0.1, 0.15) is 66.2 Å². The number of aliphatic imine (C=N–C) groups is 3. The Kier molecular flexibility index (Phi) is 6.50. The number of piperazine rings is 1. The van der Waals surface area contributed by atoms with Crippen molar-refractivity contribution in [1.29, 1.82) is 0 Å². The van der Waals surface area contributed by atoms with Crippen LogP contribution in [-0.4, -0.2) is 70.7 Å². The number of carbonyl (C=O) groups is 1. The van der Waals surface area contributed by atoms with Crippen LogP contribution in [0.2, 0.25) is 0 Å². The Morgan fingerprint density at radius 2 is 1.97 bits per heavy atom. The molecule has 1 amide bonds. The molecule has 0 N–H and O–H groups in total. The van der Waals surface area contributed by atoms with Gasteiger partial charge in [0.1, 0.15) is 11.7 Å². The number of piperidine rings is 2. The lowest BCUT2D eigenvalue weighted by atomic mass is 9.87. The Morgan fingerprint density at radius 1 is 1.22 bits per heavy atom. The second kappa shape index (κ2) is 9.02. The molecule has 2 bridgehead atoms. The van der Waals surface area contributed by atoms with Crippen molar-refractivity contribution in [2.75, 3.05) is 19.6 Å². The van der Waals surface area contributed by atoms with Crippen molar-refractivity contribution >= 4 is 23.3 Å². The number of hydrogen-bond acceptors (Lipinski definition) is 5. The fourth-order valence-corrected chi connectivity index (χ4v) is 5.13. The van der Waals surface area contributed by atoms with Crippen molar-refractivity contribution in [3.8, 4) is 0 Å². The number of amides is 1. The van der Waals surface area contributed by atoms with Crippen LogP contribution >= 0.6 is 0 Å². The molecule has 0 radical (unpaired) electrons. The topological polar surface area (TPSA) is 60.6 Å².